The van der Waals surface area contributed by atoms with Gasteiger partial charge in [-0.3, -0.25) is 4.21 Å². The first-order valence-corrected chi connectivity index (χ1v) is 12.5. The molecule has 30 heavy (non-hydrogen) atoms. The van der Waals surface area contributed by atoms with E-state index in [1.165, 1.54) is 0 Å². The molecule has 166 valence electrons. The molecule has 2 fully saturated rings. The first kappa shape index (κ1) is 22.9. The van der Waals surface area contributed by atoms with Crippen LogP contribution in [0.2, 0.25) is 0 Å². The van der Waals surface area contributed by atoms with Crippen molar-refractivity contribution in [2.24, 2.45) is 5.92 Å². The lowest BCUT2D eigenvalue weighted by molar-refractivity contribution is 0.0183. The number of carbonyl (C=O) groups is 1. The summed E-state index contributed by atoms with van der Waals surface area (Å²) in [6.45, 7) is 10.3. The molecule has 2 heterocycles. The van der Waals surface area contributed by atoms with Gasteiger partial charge in [-0.25, -0.2) is 4.79 Å². The molecule has 0 spiro atoms. The van der Waals surface area contributed by atoms with Crippen LogP contribution >= 0.6 is 0 Å². The lowest BCUT2D eigenvalue weighted by atomic mass is 9.95. The Bertz CT molecular complexity index is 716. The van der Waals surface area contributed by atoms with Crippen molar-refractivity contribution in [1.29, 1.82) is 0 Å². The summed E-state index contributed by atoms with van der Waals surface area (Å²) in [5.41, 5.74) is 0.606. The van der Waals surface area contributed by atoms with E-state index in [9.17, 15) is 9.00 Å². The van der Waals surface area contributed by atoms with Crippen molar-refractivity contribution in [2.75, 3.05) is 43.9 Å². The monoisotopic (exact) mass is 433 g/mol. The maximum atomic E-state index is 12.2. The van der Waals surface area contributed by atoms with Crippen molar-refractivity contribution in [3.63, 3.8) is 0 Å². The number of hydrogen-bond donors (Lipinski definition) is 1. The van der Waals surface area contributed by atoms with Gasteiger partial charge in [-0.05, 0) is 77.1 Å². The maximum absolute atomic E-state index is 12.2. The minimum atomic E-state index is -1.01. The highest BCUT2D eigenvalue weighted by molar-refractivity contribution is 7.84. The third kappa shape index (κ3) is 6.61. The van der Waals surface area contributed by atoms with Gasteiger partial charge >= 0.3 is 6.09 Å². The summed E-state index contributed by atoms with van der Waals surface area (Å²) in [6.07, 6.45) is 5.74. The van der Waals surface area contributed by atoms with Gasteiger partial charge in [0, 0.05) is 38.5 Å². The molecule has 7 heteroatoms. The van der Waals surface area contributed by atoms with Crippen LogP contribution in [0.5, 0.6) is 0 Å². The Balaban J connectivity index is 1.35. The van der Waals surface area contributed by atoms with Crippen molar-refractivity contribution < 1.29 is 13.7 Å². The molecule has 0 aliphatic carbocycles. The average Bonchev–Trinajstić information content (AvgIpc) is 2.72. The van der Waals surface area contributed by atoms with Gasteiger partial charge < -0.3 is 19.9 Å². The Morgan fingerprint density at radius 1 is 1.13 bits per heavy atom. The molecule has 1 amide bonds. The van der Waals surface area contributed by atoms with Crippen molar-refractivity contribution in [3.05, 3.63) is 24.3 Å². The highest BCUT2D eigenvalue weighted by atomic mass is 32.2. The predicted molar refractivity (Wildman–Crippen MR) is 120 cm³/mol. The van der Waals surface area contributed by atoms with Gasteiger partial charge in [0.25, 0.3) is 0 Å². The van der Waals surface area contributed by atoms with Gasteiger partial charge in [-0.1, -0.05) is 6.07 Å². The zero-order valence-corrected chi connectivity index (χ0v) is 19.5. The minimum Gasteiger partial charge on any atom is -0.444 e. The number of rotatable bonds is 5. The van der Waals surface area contributed by atoms with Crippen LogP contribution in [-0.2, 0) is 15.5 Å². The Labute approximate surface area is 183 Å². The summed E-state index contributed by atoms with van der Waals surface area (Å²) in [7, 11) is -1.01. The van der Waals surface area contributed by atoms with E-state index in [0.29, 0.717) is 16.9 Å². The van der Waals surface area contributed by atoms with Crippen molar-refractivity contribution in [2.45, 2.75) is 63.0 Å². The summed E-state index contributed by atoms with van der Waals surface area (Å²) in [5.74, 6) is 0.618. The summed E-state index contributed by atoms with van der Waals surface area (Å²) >= 11 is 0. The Morgan fingerprint density at radius 2 is 1.80 bits per heavy atom. The second-order valence-corrected chi connectivity index (χ2v) is 10.7. The molecule has 2 aliphatic heterocycles. The fourth-order valence-corrected chi connectivity index (χ4v) is 4.47. The van der Waals surface area contributed by atoms with Crippen LogP contribution in [0, 0.1) is 18.1 Å². The second kappa shape index (κ2) is 10.0. The molecule has 0 bridgehead atoms. The topological polar surface area (TPSA) is 61.9 Å². The Kier molecular flexibility index (Phi) is 7.65. The van der Waals surface area contributed by atoms with E-state index in [4.69, 9.17) is 4.74 Å². The van der Waals surface area contributed by atoms with Crippen molar-refractivity contribution >= 4 is 22.6 Å². The van der Waals surface area contributed by atoms with E-state index in [0.717, 1.165) is 64.1 Å². The van der Waals surface area contributed by atoms with Gasteiger partial charge in [0.2, 0.25) is 0 Å². The Morgan fingerprint density at radius 3 is 2.33 bits per heavy atom. The number of amides is 1. The zero-order valence-electron chi connectivity index (χ0n) is 18.7. The molecule has 6 nitrogen and oxygen atoms in total. The van der Waals surface area contributed by atoms with Crippen LogP contribution in [0.25, 0.3) is 0 Å². The Hall–Kier alpha value is -1.78. The molecule has 1 unspecified atom stereocenters. The molecular weight excluding hydrogens is 398 g/mol. The molecule has 0 aromatic heterocycles. The number of piperidine rings is 2. The van der Waals surface area contributed by atoms with Gasteiger partial charge in [-0.2, -0.15) is 0 Å². The normalized spacial score (nSPS) is 20.0. The third-order valence-electron chi connectivity index (χ3n) is 5.81. The third-order valence-corrected chi connectivity index (χ3v) is 6.67. The van der Waals surface area contributed by atoms with E-state index in [1.807, 2.05) is 37.8 Å². The zero-order chi connectivity index (χ0) is 21.7. The molecule has 0 saturated carbocycles. The fourth-order valence-electron chi connectivity index (χ4n) is 4.02. The van der Waals surface area contributed by atoms with Crippen molar-refractivity contribution in [3.8, 4) is 0 Å². The standard InChI is InChI=1S/C23H35N3O3S/c1-23(2,3)29-22(27)26-13-9-18(10-14-26)17-24-19-11-15-25(16-12-19)20-5-7-21(8-6-20)30(4)28/h5,7,18-19,24H,9-17H2,1-4H3. The van der Waals surface area contributed by atoms with Crippen LogP contribution in [-0.4, -0.2) is 65.8 Å². The molecule has 2 saturated heterocycles. The molecule has 1 N–H and O–H groups in total. The highest BCUT2D eigenvalue weighted by Gasteiger charge is 2.27. The number of nitrogens with zero attached hydrogens (tertiary/aromatic N) is 2. The number of ether oxygens (including phenoxy) is 1. The highest BCUT2D eigenvalue weighted by Crippen LogP contribution is 2.22. The molecule has 1 aromatic carbocycles. The SMILES string of the molecule is CS(=O)c1c#cc(N2CCC(NCC3CCN(C(=O)OC(C)(C)C)CC3)CC2)cc1. The van der Waals surface area contributed by atoms with Gasteiger partial charge in [0.05, 0.1) is 21.4 Å². The lowest BCUT2D eigenvalue weighted by Crippen LogP contribution is -2.46. The van der Waals surface area contributed by atoms with Crippen LogP contribution in [0.15, 0.2) is 17.0 Å². The van der Waals surface area contributed by atoms with Crippen LogP contribution in [0.4, 0.5) is 10.5 Å². The number of anilines is 1. The lowest BCUT2D eigenvalue weighted by Gasteiger charge is -2.36. The van der Waals surface area contributed by atoms with E-state index in [-0.39, 0.29) is 6.09 Å². The molecule has 2 aliphatic rings. The van der Waals surface area contributed by atoms with E-state index >= 15 is 0 Å². The first-order chi connectivity index (χ1) is 14.2. The number of likely N-dealkylation sites (tertiary alicyclic amines) is 1. The van der Waals surface area contributed by atoms with Gasteiger partial charge in [-0.15, -0.1) is 0 Å². The second-order valence-electron chi connectivity index (χ2n) is 9.37. The minimum absolute atomic E-state index is 0.187. The van der Waals surface area contributed by atoms with E-state index in [2.05, 4.69) is 22.3 Å². The predicted octanol–water partition coefficient (Wildman–Crippen LogP) is 3.23. The first-order valence-electron chi connectivity index (χ1n) is 10.9. The fraction of sp³-hybridized carbons (Fsp3) is 0.696. The average molecular weight is 434 g/mol. The molecule has 1 atom stereocenters. The quantitative estimate of drug-likeness (QED) is 0.773. The maximum Gasteiger partial charge on any atom is 0.410 e. The number of nitrogens with one attached hydrogen (secondary N) is 1. The molecule has 3 rings (SSSR count). The molecule has 1 aromatic rings. The molecular formula is C23H35N3O3S. The van der Waals surface area contributed by atoms with Crippen molar-refractivity contribution in [1.82, 2.24) is 10.2 Å². The van der Waals surface area contributed by atoms with Gasteiger partial charge in [0.1, 0.15) is 5.60 Å². The van der Waals surface area contributed by atoms with E-state index in [1.54, 1.807) is 6.26 Å². The molecule has 0 radical (unpaired) electrons. The number of carbonyl (C=O) groups excluding carboxylic acids is 1. The summed E-state index contributed by atoms with van der Waals surface area (Å²) in [6, 6.07) is 10.6. The largest absolute Gasteiger partial charge is 0.444 e. The van der Waals surface area contributed by atoms with Crippen LogP contribution in [0.3, 0.4) is 0 Å². The summed E-state index contributed by atoms with van der Waals surface area (Å²) in [4.78, 5) is 17.1. The van der Waals surface area contributed by atoms with E-state index < -0.39 is 16.4 Å². The van der Waals surface area contributed by atoms with Gasteiger partial charge in [0.15, 0.2) is 0 Å². The summed E-state index contributed by atoms with van der Waals surface area (Å²) in [5, 5.41) is 3.75. The number of hydrogen-bond acceptors (Lipinski definition) is 5. The summed E-state index contributed by atoms with van der Waals surface area (Å²) < 4.78 is 17.0. The van der Waals surface area contributed by atoms with Crippen LogP contribution in [0.1, 0.15) is 46.5 Å². The van der Waals surface area contributed by atoms with Crippen LogP contribution < -0.4 is 10.2 Å². The smallest absolute Gasteiger partial charge is 0.410 e.